The van der Waals surface area contributed by atoms with Crippen LogP contribution in [0.4, 0.5) is 4.39 Å². The van der Waals surface area contributed by atoms with E-state index in [1.165, 1.54) is 38.2 Å². The van der Waals surface area contributed by atoms with Gasteiger partial charge in [-0.2, -0.15) is 12.7 Å². The summed E-state index contributed by atoms with van der Waals surface area (Å²) in [6.07, 6.45) is -0.490. The first-order valence-electron chi connectivity index (χ1n) is 12.0. The van der Waals surface area contributed by atoms with Gasteiger partial charge in [-0.05, 0) is 55.2 Å². The Morgan fingerprint density at radius 2 is 1.87 bits per heavy atom. The molecule has 0 aliphatic heterocycles. The minimum absolute atomic E-state index is 0.0194. The van der Waals surface area contributed by atoms with Gasteiger partial charge < -0.3 is 14.7 Å². The molecule has 0 unspecified atom stereocenters. The van der Waals surface area contributed by atoms with Crippen LogP contribution >= 0.6 is 11.3 Å². The molecule has 0 aliphatic carbocycles. The van der Waals surface area contributed by atoms with E-state index < -0.39 is 28.1 Å². The van der Waals surface area contributed by atoms with Crippen LogP contribution in [0.3, 0.4) is 0 Å². The minimum atomic E-state index is -4.01. The summed E-state index contributed by atoms with van der Waals surface area (Å²) in [6.45, 7) is 1.83. The Hall–Kier alpha value is -3.39. The fourth-order valence-corrected chi connectivity index (χ4v) is 5.14. The third-order valence-electron chi connectivity index (χ3n) is 5.84. The van der Waals surface area contributed by atoms with Crippen LogP contribution < -0.4 is 9.46 Å². The number of thiazole rings is 1. The zero-order valence-corrected chi connectivity index (χ0v) is 23.7. The number of hydrogen-bond acceptors (Lipinski definition) is 8. The number of benzene rings is 2. The van der Waals surface area contributed by atoms with E-state index in [4.69, 9.17) is 4.74 Å². The Morgan fingerprint density at radius 3 is 2.49 bits per heavy atom. The van der Waals surface area contributed by atoms with E-state index >= 15 is 0 Å². The van der Waals surface area contributed by atoms with Gasteiger partial charge in [0.15, 0.2) is 6.10 Å². The Labute approximate surface area is 231 Å². The van der Waals surface area contributed by atoms with E-state index in [2.05, 4.69) is 4.98 Å². The maximum Gasteiger partial charge on any atom is 0.303 e. The highest BCUT2D eigenvalue weighted by molar-refractivity contribution is 7.87. The Balaban J connectivity index is 1.81. The lowest BCUT2D eigenvalue weighted by Crippen LogP contribution is -2.39. The van der Waals surface area contributed by atoms with Gasteiger partial charge in [-0.25, -0.2) is 14.1 Å². The van der Waals surface area contributed by atoms with E-state index in [1.807, 2.05) is 4.72 Å². The van der Waals surface area contributed by atoms with Crippen molar-refractivity contribution in [1.29, 1.82) is 0 Å². The number of aliphatic hydroxyl groups excluding tert-OH is 1. The van der Waals surface area contributed by atoms with E-state index in [9.17, 15) is 27.5 Å². The molecule has 1 heterocycles. The highest BCUT2D eigenvalue weighted by atomic mass is 32.2. The maximum atomic E-state index is 13.6. The Bertz CT molecular complexity index is 1410. The third-order valence-corrected chi connectivity index (χ3v) is 8.20. The molecule has 3 rings (SSSR count). The summed E-state index contributed by atoms with van der Waals surface area (Å²) in [5, 5.41) is 11.2. The summed E-state index contributed by atoms with van der Waals surface area (Å²) in [6, 6.07) is 12.6. The molecule has 2 N–H and O–H groups in total. The molecular weight excluding hydrogens is 547 g/mol. The van der Waals surface area contributed by atoms with Gasteiger partial charge >= 0.3 is 10.2 Å². The van der Waals surface area contributed by atoms with Crippen LogP contribution in [0.2, 0.25) is 0 Å². The molecule has 0 fully saturated rings. The minimum Gasteiger partial charge on any atom is -0.497 e. The van der Waals surface area contributed by atoms with Gasteiger partial charge in [-0.3, -0.25) is 9.59 Å². The predicted octanol–water partition coefficient (Wildman–Crippen LogP) is 2.83. The van der Waals surface area contributed by atoms with Gasteiger partial charge in [0.1, 0.15) is 22.3 Å². The molecule has 2 aromatic carbocycles. The second kappa shape index (κ2) is 13.1. The van der Waals surface area contributed by atoms with E-state index in [0.29, 0.717) is 34.0 Å². The van der Waals surface area contributed by atoms with Gasteiger partial charge in [0, 0.05) is 25.5 Å². The van der Waals surface area contributed by atoms with Gasteiger partial charge in [0.25, 0.3) is 11.8 Å². The van der Waals surface area contributed by atoms with Crippen LogP contribution in [0, 0.1) is 12.7 Å². The summed E-state index contributed by atoms with van der Waals surface area (Å²) in [5.41, 5.74) is 1.08. The molecule has 0 radical (unpaired) electrons. The predicted molar refractivity (Wildman–Crippen MR) is 145 cm³/mol. The van der Waals surface area contributed by atoms with E-state index in [-0.39, 0.29) is 24.6 Å². The number of nitrogens with zero attached hydrogens (tertiary/aromatic N) is 3. The molecule has 0 saturated carbocycles. The zero-order chi connectivity index (χ0) is 28.7. The average Bonchev–Trinajstić information content (AvgIpc) is 3.27. The van der Waals surface area contributed by atoms with Gasteiger partial charge in [0.2, 0.25) is 0 Å². The van der Waals surface area contributed by atoms with Crippen molar-refractivity contribution in [3.8, 4) is 5.75 Å². The molecular formula is C26H31FN4O6S2. The molecule has 0 bridgehead atoms. The van der Waals surface area contributed by atoms with Crippen molar-refractivity contribution < 1.29 is 32.2 Å². The Morgan fingerprint density at radius 1 is 1.18 bits per heavy atom. The lowest BCUT2D eigenvalue weighted by Gasteiger charge is -2.25. The van der Waals surface area contributed by atoms with Crippen molar-refractivity contribution in [3.63, 3.8) is 0 Å². The lowest BCUT2D eigenvalue weighted by molar-refractivity contribution is -0.141. The number of carbonyl (C=O) groups is 2. The molecule has 13 heteroatoms. The summed E-state index contributed by atoms with van der Waals surface area (Å²) >= 11 is 1.15. The van der Waals surface area contributed by atoms with Gasteiger partial charge in [-0.1, -0.05) is 24.3 Å². The molecule has 0 spiro atoms. The van der Waals surface area contributed by atoms with Crippen molar-refractivity contribution in [2.75, 3.05) is 27.7 Å². The quantitative estimate of drug-likeness (QED) is 0.338. The molecule has 2 amide bonds. The number of nitrogens with one attached hydrogen (secondary N) is 1. The van der Waals surface area contributed by atoms with Gasteiger partial charge in [-0.15, -0.1) is 11.3 Å². The number of amides is 2. The number of rotatable bonds is 12. The SMILES string of the molecule is COc1ccc([C@@H](O)C(=O)N(CCCc2cccc(F)c2)Cc2nc(C(=O)NS(=O)(=O)N(C)C)c(C)s2)cc1. The molecule has 1 aromatic heterocycles. The third kappa shape index (κ3) is 8.05. The maximum absolute atomic E-state index is 13.6. The lowest BCUT2D eigenvalue weighted by atomic mass is 10.1. The molecule has 1 atom stereocenters. The molecule has 210 valence electrons. The summed E-state index contributed by atoms with van der Waals surface area (Å²) in [5.74, 6) is -1.24. The van der Waals surface area contributed by atoms with Crippen molar-refractivity contribution in [3.05, 3.63) is 81.1 Å². The largest absolute Gasteiger partial charge is 0.497 e. The standard InChI is InChI=1S/C26H31FN4O6S2/c1-17-23(25(33)29-39(35,36)30(2)3)28-22(38-17)16-31(14-6-8-18-7-5-9-20(27)15-18)26(34)24(32)19-10-12-21(37-4)13-11-19/h5,7,9-13,15,24,32H,6,8,14,16H2,1-4H3,(H,29,33)/t24-/m1/s1. The fraction of sp³-hybridized carbons (Fsp3) is 0.346. The summed E-state index contributed by atoms with van der Waals surface area (Å²) < 4.78 is 45.7. The fourth-order valence-electron chi connectivity index (χ4n) is 3.69. The number of carbonyl (C=O) groups excluding carboxylic acids is 2. The number of aliphatic hydroxyl groups is 1. The van der Waals surface area contributed by atoms with Crippen LogP contribution in [0.5, 0.6) is 5.75 Å². The molecule has 10 nitrogen and oxygen atoms in total. The second-order valence-electron chi connectivity index (χ2n) is 8.90. The number of aryl methyl sites for hydroxylation is 2. The van der Waals surface area contributed by atoms with Crippen LogP contribution in [-0.2, 0) is 28.0 Å². The van der Waals surface area contributed by atoms with Crippen molar-refractivity contribution >= 4 is 33.4 Å². The normalized spacial score (nSPS) is 12.3. The number of methoxy groups -OCH3 is 1. The molecule has 39 heavy (non-hydrogen) atoms. The van der Waals surface area contributed by atoms with Crippen LogP contribution in [0.15, 0.2) is 48.5 Å². The number of halogens is 1. The summed E-state index contributed by atoms with van der Waals surface area (Å²) in [7, 11) is 0.0747. The monoisotopic (exact) mass is 578 g/mol. The van der Waals surface area contributed by atoms with Crippen LogP contribution in [0.25, 0.3) is 0 Å². The second-order valence-corrected chi connectivity index (χ2v) is 12.1. The molecule has 0 aliphatic rings. The highest BCUT2D eigenvalue weighted by Gasteiger charge is 2.27. The topological polar surface area (TPSA) is 129 Å². The first-order valence-corrected chi connectivity index (χ1v) is 14.2. The van der Waals surface area contributed by atoms with Gasteiger partial charge in [0.05, 0.1) is 13.7 Å². The Kier molecular flexibility index (Phi) is 10.1. The van der Waals surface area contributed by atoms with Crippen molar-refractivity contribution in [2.45, 2.75) is 32.4 Å². The molecule has 3 aromatic rings. The van der Waals surface area contributed by atoms with Crippen molar-refractivity contribution in [1.82, 2.24) is 18.9 Å². The van der Waals surface area contributed by atoms with E-state index in [0.717, 1.165) is 21.2 Å². The molecule has 0 saturated heterocycles. The van der Waals surface area contributed by atoms with Crippen LogP contribution in [0.1, 0.15) is 44.0 Å². The smallest absolute Gasteiger partial charge is 0.303 e. The number of aromatic nitrogens is 1. The van der Waals surface area contributed by atoms with E-state index in [1.54, 1.807) is 43.3 Å². The first-order chi connectivity index (χ1) is 18.4. The number of hydrogen-bond donors (Lipinski definition) is 2. The summed E-state index contributed by atoms with van der Waals surface area (Å²) in [4.78, 5) is 32.2. The number of ether oxygens (including phenoxy) is 1. The highest BCUT2D eigenvalue weighted by Crippen LogP contribution is 2.24. The zero-order valence-electron chi connectivity index (χ0n) is 22.0. The first kappa shape index (κ1) is 30.2. The van der Waals surface area contributed by atoms with Crippen LogP contribution in [-0.4, -0.2) is 67.3 Å². The van der Waals surface area contributed by atoms with Crippen molar-refractivity contribution in [2.24, 2.45) is 0 Å². The average molecular weight is 579 g/mol.